The van der Waals surface area contributed by atoms with Crippen LogP contribution in [0, 0.1) is 15.9 Å². The molecule has 2 aromatic rings. The molecule has 0 N–H and O–H groups in total. The van der Waals surface area contributed by atoms with Crippen LogP contribution >= 0.6 is 34.4 Å². The van der Waals surface area contributed by atoms with Crippen molar-refractivity contribution in [1.29, 1.82) is 0 Å². The summed E-state index contributed by atoms with van der Waals surface area (Å²) < 4.78 is 11.7. The van der Waals surface area contributed by atoms with Gasteiger partial charge < -0.3 is 9.47 Å². The van der Waals surface area contributed by atoms with Crippen molar-refractivity contribution in [2.24, 2.45) is 0 Å². The zero-order valence-electron chi connectivity index (χ0n) is 15.7. The summed E-state index contributed by atoms with van der Waals surface area (Å²) in [6, 6.07) is 13.4. The van der Waals surface area contributed by atoms with E-state index in [9.17, 15) is 9.59 Å². The Balaban J connectivity index is 1.78. The monoisotopic (exact) mass is 519 g/mol. The van der Waals surface area contributed by atoms with Crippen LogP contribution in [0.1, 0.15) is 11.1 Å². The van der Waals surface area contributed by atoms with Crippen molar-refractivity contribution in [3.8, 4) is 23.8 Å². The van der Waals surface area contributed by atoms with Crippen molar-refractivity contribution in [2.75, 3.05) is 20.3 Å². The molecule has 1 aliphatic heterocycles. The van der Waals surface area contributed by atoms with Crippen molar-refractivity contribution in [1.82, 2.24) is 4.90 Å². The van der Waals surface area contributed by atoms with Gasteiger partial charge in [-0.2, -0.15) is 0 Å². The van der Waals surface area contributed by atoms with Gasteiger partial charge in [0.15, 0.2) is 11.5 Å². The van der Waals surface area contributed by atoms with Gasteiger partial charge in [-0.3, -0.25) is 14.5 Å². The molecular weight excluding hydrogens is 501 g/mol. The molecule has 0 atom stereocenters. The summed E-state index contributed by atoms with van der Waals surface area (Å²) in [5.74, 6) is 3.21. The number of terminal acetylenes is 1. The van der Waals surface area contributed by atoms with Crippen molar-refractivity contribution in [3.63, 3.8) is 0 Å². The highest BCUT2D eigenvalue weighted by Crippen LogP contribution is 2.37. The molecule has 1 fully saturated rings. The molecule has 2 amide bonds. The Bertz CT molecular complexity index is 998. The number of benzene rings is 2. The van der Waals surface area contributed by atoms with E-state index in [1.165, 1.54) is 12.0 Å². The Kier molecular flexibility index (Phi) is 7.23. The Hall–Kier alpha value is -2.44. The number of amides is 2. The lowest BCUT2D eigenvalue weighted by molar-refractivity contribution is -0.122. The first-order valence-corrected chi connectivity index (χ1v) is 10.7. The molecule has 0 spiro atoms. The number of methoxy groups -OCH3 is 1. The van der Waals surface area contributed by atoms with Crippen LogP contribution in [0.15, 0.2) is 47.4 Å². The lowest BCUT2D eigenvalue weighted by atomic mass is 10.1. The molecule has 2 aromatic carbocycles. The SMILES string of the molecule is C#CCOc1c(I)cc(/C=C2/SC(=O)N(CCc3ccccc3)C2=O)cc1OC. The number of hydrogen-bond donors (Lipinski definition) is 0. The van der Waals surface area contributed by atoms with E-state index in [0.717, 1.165) is 26.5 Å². The molecule has 0 radical (unpaired) electrons. The largest absolute Gasteiger partial charge is 0.493 e. The molecule has 148 valence electrons. The van der Waals surface area contributed by atoms with Gasteiger partial charge in [-0.1, -0.05) is 36.3 Å². The number of carbonyl (C=O) groups is 2. The highest BCUT2D eigenvalue weighted by molar-refractivity contribution is 14.1. The molecule has 1 aliphatic rings. The van der Waals surface area contributed by atoms with Gasteiger partial charge in [0, 0.05) is 6.54 Å². The smallest absolute Gasteiger partial charge is 0.293 e. The maximum absolute atomic E-state index is 12.7. The molecule has 5 nitrogen and oxygen atoms in total. The summed E-state index contributed by atoms with van der Waals surface area (Å²) in [5.41, 5.74) is 1.82. The minimum atomic E-state index is -0.280. The topological polar surface area (TPSA) is 55.8 Å². The summed E-state index contributed by atoms with van der Waals surface area (Å²) in [7, 11) is 1.54. The fourth-order valence-electron chi connectivity index (χ4n) is 2.81. The Morgan fingerprint density at radius 2 is 2.00 bits per heavy atom. The second kappa shape index (κ2) is 9.85. The van der Waals surface area contributed by atoms with E-state index in [4.69, 9.17) is 15.9 Å². The van der Waals surface area contributed by atoms with Crippen LogP contribution in [-0.2, 0) is 11.2 Å². The summed E-state index contributed by atoms with van der Waals surface area (Å²) in [5, 5.41) is -0.257. The van der Waals surface area contributed by atoms with E-state index in [2.05, 4.69) is 28.5 Å². The van der Waals surface area contributed by atoms with E-state index in [1.807, 2.05) is 36.4 Å². The van der Waals surface area contributed by atoms with E-state index in [0.29, 0.717) is 29.4 Å². The van der Waals surface area contributed by atoms with Crippen molar-refractivity contribution in [3.05, 3.63) is 62.1 Å². The normalized spacial score (nSPS) is 14.9. The van der Waals surface area contributed by atoms with Crippen LogP contribution in [0.5, 0.6) is 11.5 Å². The third kappa shape index (κ3) is 5.14. The van der Waals surface area contributed by atoms with Gasteiger partial charge in [0.25, 0.3) is 11.1 Å². The molecule has 7 heteroatoms. The Labute approximate surface area is 187 Å². The number of hydrogen-bond acceptors (Lipinski definition) is 5. The molecule has 0 saturated carbocycles. The van der Waals surface area contributed by atoms with E-state index in [1.54, 1.807) is 12.1 Å². The lowest BCUT2D eigenvalue weighted by Gasteiger charge is -2.13. The number of carbonyl (C=O) groups excluding carboxylic acids is 2. The van der Waals surface area contributed by atoms with Gasteiger partial charge in [-0.25, -0.2) is 0 Å². The quantitative estimate of drug-likeness (QED) is 0.305. The number of thioether (sulfide) groups is 1. The predicted octanol–water partition coefficient (Wildman–Crippen LogP) is 4.59. The number of nitrogens with zero attached hydrogens (tertiary/aromatic N) is 1. The van der Waals surface area contributed by atoms with Gasteiger partial charge in [0.1, 0.15) is 6.61 Å². The first kappa shape index (κ1) is 21.3. The van der Waals surface area contributed by atoms with Gasteiger partial charge in [-0.15, -0.1) is 6.42 Å². The zero-order valence-corrected chi connectivity index (χ0v) is 18.7. The molecule has 1 saturated heterocycles. The first-order chi connectivity index (χ1) is 14.0. The van der Waals surface area contributed by atoms with E-state index >= 15 is 0 Å². The molecule has 1 heterocycles. The number of rotatable bonds is 7. The first-order valence-electron chi connectivity index (χ1n) is 8.76. The maximum Gasteiger partial charge on any atom is 0.293 e. The predicted molar refractivity (Wildman–Crippen MR) is 123 cm³/mol. The minimum absolute atomic E-state index is 0.131. The van der Waals surface area contributed by atoms with Gasteiger partial charge in [0.05, 0.1) is 15.6 Å². The van der Waals surface area contributed by atoms with E-state index in [-0.39, 0.29) is 17.8 Å². The molecule has 0 unspecified atom stereocenters. The van der Waals surface area contributed by atoms with Crippen molar-refractivity contribution < 1.29 is 19.1 Å². The number of imide groups is 1. The maximum atomic E-state index is 12.7. The van der Waals surface area contributed by atoms with Crippen LogP contribution in [-0.4, -0.2) is 36.3 Å². The van der Waals surface area contributed by atoms with Crippen LogP contribution in [0.2, 0.25) is 0 Å². The van der Waals surface area contributed by atoms with Crippen LogP contribution in [0.25, 0.3) is 6.08 Å². The third-order valence-electron chi connectivity index (χ3n) is 4.19. The molecule has 0 aliphatic carbocycles. The summed E-state index contributed by atoms with van der Waals surface area (Å²) >= 11 is 3.07. The lowest BCUT2D eigenvalue weighted by Crippen LogP contribution is -2.30. The Morgan fingerprint density at radius 3 is 2.69 bits per heavy atom. The van der Waals surface area contributed by atoms with Crippen LogP contribution < -0.4 is 9.47 Å². The average molecular weight is 519 g/mol. The molecule has 29 heavy (non-hydrogen) atoms. The van der Waals surface area contributed by atoms with Crippen LogP contribution in [0.4, 0.5) is 4.79 Å². The fourth-order valence-corrected chi connectivity index (χ4v) is 4.45. The second-order valence-electron chi connectivity index (χ2n) is 6.10. The highest BCUT2D eigenvalue weighted by Gasteiger charge is 2.34. The van der Waals surface area contributed by atoms with Crippen LogP contribution in [0.3, 0.4) is 0 Å². The van der Waals surface area contributed by atoms with Crippen molar-refractivity contribution in [2.45, 2.75) is 6.42 Å². The summed E-state index contributed by atoms with van der Waals surface area (Å²) in [4.78, 5) is 26.7. The summed E-state index contributed by atoms with van der Waals surface area (Å²) in [6.45, 7) is 0.484. The molecular formula is C22H18INO4S. The second-order valence-corrected chi connectivity index (χ2v) is 8.25. The molecule has 0 bridgehead atoms. The minimum Gasteiger partial charge on any atom is -0.493 e. The van der Waals surface area contributed by atoms with Gasteiger partial charge >= 0.3 is 0 Å². The number of ether oxygens (including phenoxy) is 2. The standard InChI is InChI=1S/C22H18INO4S/c1-3-11-28-20-17(23)12-16(13-18(20)27-2)14-19-21(25)24(22(26)29-19)10-9-15-7-5-4-6-8-15/h1,4-8,12-14H,9-11H2,2H3/b19-14+. The van der Waals surface area contributed by atoms with Crippen molar-refractivity contribution >= 4 is 51.6 Å². The average Bonchev–Trinajstić information content (AvgIpc) is 2.98. The summed E-state index contributed by atoms with van der Waals surface area (Å²) in [6.07, 6.45) is 7.58. The van der Waals surface area contributed by atoms with Gasteiger partial charge in [-0.05, 0) is 70.1 Å². The third-order valence-corrected chi connectivity index (χ3v) is 5.90. The Morgan fingerprint density at radius 1 is 1.24 bits per heavy atom. The van der Waals surface area contributed by atoms with E-state index < -0.39 is 0 Å². The number of halogens is 1. The zero-order chi connectivity index (χ0) is 20.8. The van der Waals surface area contributed by atoms with Gasteiger partial charge in [0.2, 0.25) is 0 Å². The fraction of sp³-hybridized carbons (Fsp3) is 0.182. The highest BCUT2D eigenvalue weighted by atomic mass is 127. The molecule has 3 rings (SSSR count). The molecule has 0 aromatic heterocycles.